The van der Waals surface area contributed by atoms with Gasteiger partial charge in [-0.05, 0) is 18.2 Å². The summed E-state index contributed by atoms with van der Waals surface area (Å²) in [5, 5.41) is 1.01. The average molecular weight is 266 g/mol. The number of carbonyl (C=O) groups is 1. The van der Waals surface area contributed by atoms with Crippen LogP contribution in [0.5, 0.6) is 0 Å². The highest BCUT2D eigenvalue weighted by molar-refractivity contribution is 6.35. The highest BCUT2D eigenvalue weighted by Crippen LogP contribution is 2.26. The molecule has 2 aromatic rings. The normalized spacial score (nSPS) is 13.8. The van der Waals surface area contributed by atoms with E-state index in [1.165, 1.54) is 4.58 Å². The van der Waals surface area contributed by atoms with Crippen LogP contribution in [0.1, 0.15) is 5.69 Å². The van der Waals surface area contributed by atoms with E-state index in [2.05, 4.69) is 0 Å². The van der Waals surface area contributed by atoms with Crippen molar-refractivity contribution in [2.75, 3.05) is 0 Å². The van der Waals surface area contributed by atoms with E-state index in [9.17, 15) is 4.79 Å². The summed E-state index contributed by atoms with van der Waals surface area (Å²) in [6.07, 6.45) is 3.48. The molecule has 5 heteroatoms. The van der Waals surface area contributed by atoms with Crippen molar-refractivity contribution in [3.8, 4) is 0 Å². The number of aromatic nitrogens is 1. The van der Waals surface area contributed by atoms with Crippen LogP contribution in [0.4, 0.5) is 10.5 Å². The van der Waals surface area contributed by atoms with Gasteiger partial charge in [-0.25, -0.2) is 0 Å². The number of benzene rings is 1. The second-order valence-corrected chi connectivity index (χ2v) is 4.59. The fourth-order valence-electron chi connectivity index (χ4n) is 1.84. The first-order valence-electron chi connectivity index (χ1n) is 4.97. The number of carbonyl (C=O) groups excluding carboxylic acids is 1. The molecule has 0 atom stereocenters. The van der Waals surface area contributed by atoms with Gasteiger partial charge in [0, 0.05) is 22.2 Å². The Labute approximate surface area is 108 Å². The minimum Gasteiger partial charge on any atom is -0.196 e. The van der Waals surface area contributed by atoms with Gasteiger partial charge in [0.15, 0.2) is 5.69 Å². The highest BCUT2D eigenvalue weighted by Gasteiger charge is 2.30. The smallest absolute Gasteiger partial charge is 0.196 e. The molecule has 0 aliphatic carbocycles. The first kappa shape index (κ1) is 10.6. The van der Waals surface area contributed by atoms with E-state index < -0.39 is 0 Å². The Kier molecular flexibility index (Phi) is 2.31. The molecule has 0 bridgehead atoms. The molecular weight excluding hydrogens is 259 g/mol. The number of fused-ring (bicyclic) bond motifs is 1. The van der Waals surface area contributed by atoms with Gasteiger partial charge in [-0.3, -0.25) is 0 Å². The van der Waals surface area contributed by atoms with Crippen LogP contribution < -0.4 is 0 Å². The summed E-state index contributed by atoms with van der Waals surface area (Å²) in [6.45, 7) is 0. The molecule has 84 valence electrons. The van der Waals surface area contributed by atoms with Crippen LogP contribution in [-0.4, -0.2) is 21.4 Å². The van der Waals surface area contributed by atoms with Crippen molar-refractivity contribution in [1.82, 2.24) is 4.57 Å². The first-order valence-corrected chi connectivity index (χ1v) is 5.72. The summed E-state index contributed by atoms with van der Waals surface area (Å²) < 4.78 is 3.09. The predicted molar refractivity (Wildman–Crippen MR) is 66.8 cm³/mol. The lowest BCUT2D eigenvalue weighted by atomic mass is 10.3. The van der Waals surface area contributed by atoms with Crippen LogP contribution in [0, 0.1) is 0 Å². The third kappa shape index (κ3) is 1.68. The standard InChI is InChI=1S/C12H7Cl2N2O/c13-8-4-9(14)6-11(5-8)16-7-10-2-1-3-15(10)12(16)17/h1-7H/q+1. The summed E-state index contributed by atoms with van der Waals surface area (Å²) in [7, 11) is 0. The Morgan fingerprint density at radius 1 is 1.12 bits per heavy atom. The lowest BCUT2D eigenvalue weighted by Gasteiger charge is -2.00. The summed E-state index contributed by atoms with van der Waals surface area (Å²) in [5.41, 5.74) is 1.50. The minimum atomic E-state index is -0.136. The van der Waals surface area contributed by atoms with Gasteiger partial charge in [0.05, 0.1) is 0 Å². The van der Waals surface area contributed by atoms with Gasteiger partial charge in [0.2, 0.25) is 0 Å². The van der Waals surface area contributed by atoms with Crippen LogP contribution in [0.3, 0.4) is 0 Å². The van der Waals surface area contributed by atoms with E-state index in [-0.39, 0.29) is 6.03 Å². The second-order valence-electron chi connectivity index (χ2n) is 3.71. The Morgan fingerprint density at radius 3 is 2.47 bits per heavy atom. The van der Waals surface area contributed by atoms with Gasteiger partial charge in [-0.15, -0.1) is 0 Å². The SMILES string of the molecule is O=C1n2cccc2C=[N+]1c1cc(Cl)cc(Cl)c1. The Hall–Kier alpha value is -1.58. The molecule has 17 heavy (non-hydrogen) atoms. The Bertz CT molecular complexity index is 638. The van der Waals surface area contributed by atoms with E-state index in [1.54, 1.807) is 35.2 Å². The molecular formula is C12H7Cl2N2O+. The Balaban J connectivity index is 2.13. The van der Waals surface area contributed by atoms with Gasteiger partial charge in [0.25, 0.3) is 0 Å². The number of nitrogens with zero attached hydrogens (tertiary/aromatic N) is 2. The lowest BCUT2D eigenvalue weighted by molar-refractivity contribution is -0.321. The maximum atomic E-state index is 12.1. The van der Waals surface area contributed by atoms with Crippen molar-refractivity contribution in [3.05, 3.63) is 52.3 Å². The quantitative estimate of drug-likeness (QED) is 0.724. The van der Waals surface area contributed by atoms with Gasteiger partial charge >= 0.3 is 6.03 Å². The largest absolute Gasteiger partial charge is 0.508 e. The second kappa shape index (κ2) is 3.72. The van der Waals surface area contributed by atoms with Crippen molar-refractivity contribution < 1.29 is 9.37 Å². The zero-order chi connectivity index (χ0) is 12.0. The average Bonchev–Trinajstić information content (AvgIpc) is 2.80. The van der Waals surface area contributed by atoms with Crippen LogP contribution in [0.15, 0.2) is 36.5 Å². The summed E-state index contributed by atoms with van der Waals surface area (Å²) in [6, 6.07) is 8.59. The maximum absolute atomic E-state index is 12.1. The third-order valence-corrected chi connectivity index (χ3v) is 3.02. The molecule has 0 fully saturated rings. The van der Waals surface area contributed by atoms with E-state index in [1.807, 2.05) is 12.1 Å². The van der Waals surface area contributed by atoms with E-state index >= 15 is 0 Å². The maximum Gasteiger partial charge on any atom is 0.508 e. The molecule has 0 unspecified atom stereocenters. The molecule has 1 aliphatic heterocycles. The zero-order valence-electron chi connectivity index (χ0n) is 8.60. The monoisotopic (exact) mass is 265 g/mol. The van der Waals surface area contributed by atoms with E-state index in [4.69, 9.17) is 23.2 Å². The molecule has 1 aliphatic rings. The number of hydrogen-bond acceptors (Lipinski definition) is 1. The molecule has 0 N–H and O–H groups in total. The van der Waals surface area contributed by atoms with E-state index in [0.29, 0.717) is 15.7 Å². The number of hydrogen-bond donors (Lipinski definition) is 0. The summed E-state index contributed by atoms with van der Waals surface area (Å²) in [5.74, 6) is 0. The molecule has 1 aromatic heterocycles. The summed E-state index contributed by atoms with van der Waals surface area (Å²) in [4.78, 5) is 12.1. The molecule has 0 radical (unpaired) electrons. The molecule has 3 nitrogen and oxygen atoms in total. The highest BCUT2D eigenvalue weighted by atomic mass is 35.5. The summed E-state index contributed by atoms with van der Waals surface area (Å²) >= 11 is 11.8. The van der Waals surface area contributed by atoms with Crippen molar-refractivity contribution in [3.63, 3.8) is 0 Å². The molecule has 1 aromatic carbocycles. The van der Waals surface area contributed by atoms with Crippen molar-refractivity contribution in [2.45, 2.75) is 0 Å². The zero-order valence-corrected chi connectivity index (χ0v) is 10.1. The topological polar surface area (TPSA) is 25.0 Å². The van der Waals surface area contributed by atoms with Crippen LogP contribution in [-0.2, 0) is 0 Å². The van der Waals surface area contributed by atoms with Crippen molar-refractivity contribution >= 4 is 41.1 Å². The number of amides is 1. The Morgan fingerprint density at radius 2 is 1.82 bits per heavy atom. The molecule has 0 spiro atoms. The minimum absolute atomic E-state index is 0.136. The number of halogens is 2. The fourth-order valence-corrected chi connectivity index (χ4v) is 2.35. The van der Waals surface area contributed by atoms with Gasteiger partial charge < -0.3 is 0 Å². The van der Waals surface area contributed by atoms with Crippen LogP contribution >= 0.6 is 23.2 Å². The molecule has 0 saturated heterocycles. The third-order valence-electron chi connectivity index (χ3n) is 2.58. The first-order chi connectivity index (χ1) is 8.15. The fraction of sp³-hybridized carbons (Fsp3) is 0. The number of rotatable bonds is 1. The van der Waals surface area contributed by atoms with E-state index in [0.717, 1.165) is 5.69 Å². The van der Waals surface area contributed by atoms with Crippen molar-refractivity contribution in [1.29, 1.82) is 0 Å². The molecule has 0 saturated carbocycles. The molecule has 2 heterocycles. The van der Waals surface area contributed by atoms with Crippen molar-refractivity contribution in [2.24, 2.45) is 0 Å². The van der Waals surface area contributed by atoms with Crippen LogP contribution in [0.25, 0.3) is 0 Å². The molecule has 3 rings (SSSR count). The van der Waals surface area contributed by atoms with Gasteiger partial charge in [-0.2, -0.15) is 13.9 Å². The molecule has 1 amide bonds. The van der Waals surface area contributed by atoms with Gasteiger partial charge in [-0.1, -0.05) is 23.2 Å². The predicted octanol–water partition coefficient (Wildman–Crippen LogP) is 3.54. The van der Waals surface area contributed by atoms with Gasteiger partial charge in [0.1, 0.15) is 18.1 Å². The lowest BCUT2D eigenvalue weighted by Crippen LogP contribution is -2.15. The van der Waals surface area contributed by atoms with Crippen LogP contribution in [0.2, 0.25) is 10.0 Å².